The van der Waals surface area contributed by atoms with Gasteiger partial charge in [0.1, 0.15) is 49.2 Å². The first-order chi connectivity index (χ1) is 26.1. The third kappa shape index (κ3) is 8.89. The Morgan fingerprint density at radius 2 is 1.66 bits per heavy atom. The van der Waals surface area contributed by atoms with Crippen LogP contribution in [0.1, 0.15) is 32.1 Å². The molecule has 0 bridgehead atoms. The number of nitrogens with one attached hydrogen (secondary N) is 2. The Bertz CT molecular complexity index is 2370. The number of aromatic amines is 2. The second kappa shape index (κ2) is 16.0. The zero-order valence-electron chi connectivity index (χ0n) is 29.8. The number of phosphoric ester groups is 2. The van der Waals surface area contributed by atoms with Crippen LogP contribution < -0.4 is 36.1 Å². The highest BCUT2D eigenvalue weighted by Gasteiger charge is 2.49. The SMILES string of the molecule is COC1[C@@H](O)[C@@H](COP(=O)([O-])OP([O-])(=S)OP(=O)([O-])OC[C@H]2O[C@@H](n3cnc4c(=O)[nH]c(C)nc43)[C@@H](O)C2OC(C)C)O[C@H]1[n+]1cn(C)c2c(=O)[nH]c(N)nc21. The summed E-state index contributed by atoms with van der Waals surface area (Å²) in [6.45, 7) is -2.66. The van der Waals surface area contributed by atoms with Crippen LogP contribution in [0.25, 0.3) is 22.3 Å². The van der Waals surface area contributed by atoms with Crippen LogP contribution in [0.4, 0.5) is 5.95 Å². The van der Waals surface area contributed by atoms with Gasteiger partial charge in [-0.1, -0.05) is 16.8 Å². The molecule has 30 heteroatoms. The van der Waals surface area contributed by atoms with E-state index >= 15 is 0 Å². The molecule has 5 unspecified atom stereocenters. The van der Waals surface area contributed by atoms with Crippen LogP contribution in [-0.4, -0.2) is 107 Å². The molecule has 6 rings (SSSR count). The number of ether oxygens (including phenoxy) is 4. The number of nitrogens with zero attached hydrogens (tertiary/aromatic N) is 6. The Kier molecular flexibility index (Phi) is 12.2. The molecule has 310 valence electrons. The van der Waals surface area contributed by atoms with Crippen LogP contribution in [0.2, 0.25) is 0 Å². The molecule has 0 saturated carbocycles. The zero-order valence-corrected chi connectivity index (χ0v) is 33.3. The van der Waals surface area contributed by atoms with E-state index in [0.29, 0.717) is 0 Å². The number of rotatable bonds is 15. The lowest BCUT2D eigenvalue weighted by molar-refractivity contribution is -0.746. The van der Waals surface area contributed by atoms with Gasteiger partial charge in [0, 0.05) is 7.11 Å². The fraction of sp³-hybridized carbons (Fsp3) is 0.615. The monoisotopic (exact) mass is 871 g/mol. The molecular weight excluding hydrogens is 835 g/mol. The highest BCUT2D eigenvalue weighted by molar-refractivity contribution is 8.09. The molecule has 0 amide bonds. The van der Waals surface area contributed by atoms with Crippen LogP contribution in [0.3, 0.4) is 0 Å². The van der Waals surface area contributed by atoms with E-state index in [1.807, 2.05) is 0 Å². The van der Waals surface area contributed by atoms with Crippen molar-refractivity contribution in [3.05, 3.63) is 39.2 Å². The third-order valence-electron chi connectivity index (χ3n) is 8.41. The van der Waals surface area contributed by atoms with Crippen molar-refractivity contribution in [1.82, 2.24) is 34.1 Å². The van der Waals surface area contributed by atoms with Gasteiger partial charge in [-0.15, -0.1) is 0 Å². The van der Waals surface area contributed by atoms with Gasteiger partial charge in [0.2, 0.25) is 11.7 Å². The molecule has 2 saturated heterocycles. The molecule has 2 aliphatic rings. The molecule has 0 aromatic carbocycles. The van der Waals surface area contributed by atoms with Gasteiger partial charge in [0.25, 0.3) is 32.7 Å². The minimum Gasteiger partial charge on any atom is -0.779 e. The van der Waals surface area contributed by atoms with Crippen molar-refractivity contribution < 1.29 is 75.2 Å². The van der Waals surface area contributed by atoms with Crippen molar-refractivity contribution in [2.75, 3.05) is 26.1 Å². The number of anilines is 1. The van der Waals surface area contributed by atoms with Crippen molar-refractivity contribution in [1.29, 1.82) is 0 Å². The average Bonchev–Trinajstić information content (AvgIpc) is 3.80. The summed E-state index contributed by atoms with van der Waals surface area (Å²) in [5.41, 5.74) is 4.66. The standard InChI is InChI=1S/C26H38N9O17P3S/c1-10(2)48-18-13(50-24(17(18)37)34-8-28-14-20(34)29-11(3)30-22(14)38)7-47-54(42,43)52-55(44,56)51-53(40,41)46-6-12-16(36)19(45-5)25(49-12)35-9-33(4)15-21(35)31-26(27)32-23(15)39/h8-10,12-13,16-19,24-25,36-37H,6-7H2,1-5H3,(H6-,27,29,30,31,32,38,39,40,41,42,43,44,56)/p-2/t12-,13-,16+,17+,18?,19?,24-,25-,55?/m1/s1. The number of nitrogens with two attached hydrogens (primary N) is 1. The Labute approximate surface area is 319 Å². The van der Waals surface area contributed by atoms with E-state index in [0.717, 1.165) is 0 Å². The van der Waals surface area contributed by atoms with Gasteiger partial charge in [0.15, 0.2) is 23.7 Å². The highest BCUT2D eigenvalue weighted by Crippen LogP contribution is 2.63. The summed E-state index contributed by atoms with van der Waals surface area (Å²) in [4.78, 5) is 80.2. The van der Waals surface area contributed by atoms with Crippen molar-refractivity contribution in [2.45, 2.75) is 76.0 Å². The maximum Gasteiger partial charge on any atom is 0.313 e. The summed E-state index contributed by atoms with van der Waals surface area (Å²) >= 11 is 4.50. The maximum absolute atomic E-state index is 12.8. The van der Waals surface area contributed by atoms with Crippen molar-refractivity contribution in [3.8, 4) is 0 Å². The van der Waals surface area contributed by atoms with E-state index < -0.39 is 102 Å². The molecule has 56 heavy (non-hydrogen) atoms. The van der Waals surface area contributed by atoms with E-state index in [1.54, 1.807) is 13.8 Å². The summed E-state index contributed by atoms with van der Waals surface area (Å²) in [5, 5.41) is 22.0. The average molecular weight is 872 g/mol. The Morgan fingerprint density at radius 3 is 2.29 bits per heavy atom. The first-order valence-corrected chi connectivity index (χ1v) is 21.8. The summed E-state index contributed by atoms with van der Waals surface area (Å²) in [5.74, 6) is 0.01000. The fourth-order valence-electron chi connectivity index (χ4n) is 6.21. The summed E-state index contributed by atoms with van der Waals surface area (Å²) in [6, 6.07) is 0. The zero-order chi connectivity index (χ0) is 41.1. The highest BCUT2D eigenvalue weighted by atomic mass is 32.5. The lowest BCUT2D eigenvalue weighted by Gasteiger charge is -2.37. The lowest BCUT2D eigenvalue weighted by atomic mass is 10.1. The number of aliphatic hydroxyl groups is 2. The van der Waals surface area contributed by atoms with Crippen LogP contribution in [0, 0.1) is 6.92 Å². The van der Waals surface area contributed by atoms with Crippen molar-refractivity contribution in [3.63, 3.8) is 0 Å². The largest absolute Gasteiger partial charge is 0.779 e. The fourth-order valence-corrected chi connectivity index (χ4v) is 11.1. The van der Waals surface area contributed by atoms with Crippen molar-refractivity contribution >= 4 is 62.4 Å². The van der Waals surface area contributed by atoms with E-state index in [1.165, 1.54) is 47.4 Å². The number of hydrogen-bond donors (Lipinski definition) is 5. The van der Waals surface area contributed by atoms with Gasteiger partial charge >= 0.3 is 5.65 Å². The Hall–Kier alpha value is -2.91. The number of phosphoric acid groups is 2. The lowest BCUT2D eigenvalue weighted by Crippen LogP contribution is -2.47. The first kappa shape index (κ1) is 42.7. The number of fused-ring (bicyclic) bond motifs is 2. The van der Waals surface area contributed by atoms with Crippen LogP contribution in [0.5, 0.6) is 0 Å². The Morgan fingerprint density at radius 1 is 1.02 bits per heavy atom. The van der Waals surface area contributed by atoms with Crippen LogP contribution in [0.15, 0.2) is 22.2 Å². The number of imidazole rings is 2. The second-order valence-corrected chi connectivity index (χ2v) is 18.6. The minimum atomic E-state index is -5.78. The number of methoxy groups -OCH3 is 1. The smallest absolute Gasteiger partial charge is 0.313 e. The molecular formula is C26H36N9O17P3S-2. The van der Waals surface area contributed by atoms with E-state index in [2.05, 4.69) is 45.3 Å². The molecule has 11 atom stereocenters. The number of nitrogen functional groups attached to an aromatic ring is 1. The molecule has 6 N–H and O–H groups in total. The molecule has 2 aliphatic heterocycles. The molecule has 0 spiro atoms. The maximum atomic E-state index is 12.8. The van der Waals surface area contributed by atoms with Crippen LogP contribution >= 0.6 is 22.4 Å². The van der Waals surface area contributed by atoms with Gasteiger partial charge in [-0.25, -0.2) is 14.5 Å². The topological polar surface area (TPSA) is 362 Å². The van der Waals surface area contributed by atoms with Gasteiger partial charge in [-0.2, -0.15) is 0 Å². The van der Waals surface area contributed by atoms with Gasteiger partial charge in [0.05, 0.1) is 32.7 Å². The number of aliphatic hydroxyl groups excluding tert-OH is 2. The van der Waals surface area contributed by atoms with Gasteiger partial charge in [-0.05, 0) is 20.8 Å². The molecule has 6 heterocycles. The quantitative estimate of drug-likeness (QED) is 0.0571. The number of aryl methyl sites for hydroxylation is 2. The molecule has 4 aromatic heterocycles. The molecule has 0 radical (unpaired) electrons. The third-order valence-corrected chi connectivity index (χ3v) is 13.7. The normalized spacial score (nSPS) is 28.9. The molecule has 2 fully saturated rings. The second-order valence-electron chi connectivity index (χ2n) is 12.8. The molecule has 26 nitrogen and oxygen atoms in total. The number of hydrogen-bond acceptors (Lipinski definition) is 22. The van der Waals surface area contributed by atoms with Crippen LogP contribution in [-0.2, 0) is 64.6 Å². The predicted octanol–water partition coefficient (Wildman–Crippen LogP) is -3.51. The predicted molar refractivity (Wildman–Crippen MR) is 183 cm³/mol. The van der Waals surface area contributed by atoms with Crippen molar-refractivity contribution in [2.24, 2.45) is 7.05 Å². The van der Waals surface area contributed by atoms with E-state index in [-0.39, 0.29) is 34.1 Å². The van der Waals surface area contributed by atoms with E-state index in [4.69, 9.17) is 33.7 Å². The first-order valence-electron chi connectivity index (χ1n) is 16.3. The van der Waals surface area contributed by atoms with Gasteiger partial charge < -0.3 is 63.6 Å². The van der Waals surface area contributed by atoms with E-state index in [9.17, 15) is 43.6 Å². The molecule has 0 aliphatic carbocycles. The Balaban J connectivity index is 1.09. The number of aromatic nitrogens is 8. The number of H-pyrrole nitrogens is 2. The van der Waals surface area contributed by atoms with Gasteiger partial charge in [-0.3, -0.25) is 41.5 Å². The summed E-state index contributed by atoms with van der Waals surface area (Å²) < 4.78 is 70.2. The molecule has 4 aromatic rings. The summed E-state index contributed by atoms with van der Waals surface area (Å²) in [6.07, 6.45) is -8.77. The minimum absolute atomic E-state index is 0.0382. The summed E-state index contributed by atoms with van der Waals surface area (Å²) in [7, 11) is -8.79.